The van der Waals surface area contributed by atoms with Crippen molar-refractivity contribution < 1.29 is 14.3 Å². The Morgan fingerprint density at radius 3 is 2.62 bits per heavy atom. The van der Waals surface area contributed by atoms with Crippen LogP contribution in [0.2, 0.25) is 0 Å². The van der Waals surface area contributed by atoms with Crippen molar-refractivity contribution in [1.82, 2.24) is 0 Å². The monoisotopic (exact) mass is 222 g/mol. The predicted molar refractivity (Wildman–Crippen MR) is 62.9 cm³/mol. The van der Waals surface area contributed by atoms with Gasteiger partial charge in [0, 0.05) is 0 Å². The van der Waals surface area contributed by atoms with Gasteiger partial charge in [-0.25, -0.2) is 4.79 Å². The van der Waals surface area contributed by atoms with Crippen LogP contribution in [-0.4, -0.2) is 19.7 Å². The maximum Gasteiger partial charge on any atom is 0.338 e. The van der Waals surface area contributed by atoms with Crippen molar-refractivity contribution in [2.75, 3.05) is 13.7 Å². The number of ether oxygens (including phenoxy) is 2. The summed E-state index contributed by atoms with van der Waals surface area (Å²) in [5.41, 5.74) is 1.58. The minimum atomic E-state index is -0.307. The highest BCUT2D eigenvalue weighted by Gasteiger charge is 2.11. The number of benzene rings is 1. The van der Waals surface area contributed by atoms with Crippen molar-refractivity contribution in [3.63, 3.8) is 0 Å². The summed E-state index contributed by atoms with van der Waals surface area (Å²) in [6.45, 7) is 4.71. The Labute approximate surface area is 96.4 Å². The van der Waals surface area contributed by atoms with Crippen LogP contribution in [0.3, 0.4) is 0 Å². The van der Waals surface area contributed by atoms with E-state index in [1.54, 1.807) is 6.07 Å². The van der Waals surface area contributed by atoms with Gasteiger partial charge in [-0.2, -0.15) is 0 Å². The van der Waals surface area contributed by atoms with Gasteiger partial charge in [0.2, 0.25) is 0 Å². The van der Waals surface area contributed by atoms with E-state index in [4.69, 9.17) is 9.47 Å². The van der Waals surface area contributed by atoms with E-state index in [0.717, 1.165) is 24.2 Å². The molecule has 3 heteroatoms. The van der Waals surface area contributed by atoms with E-state index in [1.165, 1.54) is 7.11 Å². The lowest BCUT2D eigenvalue weighted by molar-refractivity contribution is 0.0599. The first-order valence-electron chi connectivity index (χ1n) is 5.57. The Bertz CT molecular complexity index is 358. The van der Waals surface area contributed by atoms with E-state index in [2.05, 4.69) is 0 Å². The minimum absolute atomic E-state index is 0.307. The van der Waals surface area contributed by atoms with Crippen LogP contribution in [-0.2, 0) is 11.2 Å². The van der Waals surface area contributed by atoms with Crippen molar-refractivity contribution in [2.24, 2.45) is 0 Å². The topological polar surface area (TPSA) is 35.5 Å². The third-order valence-electron chi connectivity index (χ3n) is 2.34. The highest BCUT2D eigenvalue weighted by Crippen LogP contribution is 2.19. The van der Waals surface area contributed by atoms with Crippen molar-refractivity contribution in [3.8, 4) is 5.75 Å². The molecule has 0 bridgehead atoms. The van der Waals surface area contributed by atoms with Crippen LogP contribution in [0, 0.1) is 0 Å². The molecule has 0 unspecified atom stereocenters. The van der Waals surface area contributed by atoms with Crippen molar-refractivity contribution in [2.45, 2.75) is 26.7 Å². The van der Waals surface area contributed by atoms with Gasteiger partial charge in [-0.3, -0.25) is 0 Å². The average molecular weight is 222 g/mol. The second-order valence-electron chi connectivity index (χ2n) is 3.51. The SMILES string of the molecule is CCCOc1ccc(CC)c(C(=O)OC)c1. The maximum absolute atomic E-state index is 11.5. The van der Waals surface area contributed by atoms with Gasteiger partial charge in [0.05, 0.1) is 19.3 Å². The quantitative estimate of drug-likeness (QED) is 0.719. The highest BCUT2D eigenvalue weighted by atomic mass is 16.5. The van der Waals surface area contributed by atoms with Gasteiger partial charge < -0.3 is 9.47 Å². The van der Waals surface area contributed by atoms with Crippen molar-refractivity contribution in [1.29, 1.82) is 0 Å². The summed E-state index contributed by atoms with van der Waals surface area (Å²) in [5.74, 6) is 0.415. The van der Waals surface area contributed by atoms with Gasteiger partial charge in [-0.05, 0) is 30.5 Å². The van der Waals surface area contributed by atoms with Crippen LogP contribution in [0.25, 0.3) is 0 Å². The van der Waals surface area contributed by atoms with Crippen LogP contribution in [0.1, 0.15) is 36.2 Å². The fraction of sp³-hybridized carbons (Fsp3) is 0.462. The Kier molecular flexibility index (Phi) is 4.83. The summed E-state index contributed by atoms with van der Waals surface area (Å²) >= 11 is 0. The van der Waals surface area contributed by atoms with Gasteiger partial charge in [0.1, 0.15) is 5.75 Å². The minimum Gasteiger partial charge on any atom is -0.494 e. The number of aryl methyl sites for hydroxylation is 1. The summed E-state index contributed by atoms with van der Waals surface area (Å²) < 4.78 is 10.2. The number of hydrogen-bond donors (Lipinski definition) is 0. The van der Waals surface area contributed by atoms with E-state index in [9.17, 15) is 4.79 Å². The number of hydrogen-bond acceptors (Lipinski definition) is 3. The smallest absolute Gasteiger partial charge is 0.338 e. The summed E-state index contributed by atoms with van der Waals surface area (Å²) in [6, 6.07) is 5.55. The average Bonchev–Trinajstić information content (AvgIpc) is 2.35. The number of rotatable bonds is 5. The van der Waals surface area contributed by atoms with Gasteiger partial charge in [0.15, 0.2) is 0 Å². The normalized spacial score (nSPS) is 9.94. The molecule has 0 aliphatic rings. The second kappa shape index (κ2) is 6.16. The van der Waals surface area contributed by atoms with E-state index in [1.807, 2.05) is 26.0 Å². The molecule has 3 nitrogen and oxygen atoms in total. The van der Waals surface area contributed by atoms with Crippen molar-refractivity contribution >= 4 is 5.97 Å². The molecule has 0 saturated heterocycles. The van der Waals surface area contributed by atoms with E-state index >= 15 is 0 Å². The third kappa shape index (κ3) is 2.99. The van der Waals surface area contributed by atoms with E-state index in [-0.39, 0.29) is 5.97 Å². The zero-order chi connectivity index (χ0) is 12.0. The number of carbonyl (C=O) groups is 1. The fourth-order valence-corrected chi connectivity index (χ4v) is 1.47. The molecule has 0 spiro atoms. The van der Waals surface area contributed by atoms with E-state index in [0.29, 0.717) is 12.2 Å². The summed E-state index contributed by atoms with van der Waals surface area (Å²) in [5, 5.41) is 0. The molecule has 0 saturated carbocycles. The standard InChI is InChI=1S/C13H18O3/c1-4-8-16-11-7-6-10(5-2)12(9-11)13(14)15-3/h6-7,9H,4-5,8H2,1-3H3. The molecule has 0 N–H and O–H groups in total. The number of carbonyl (C=O) groups excluding carboxylic acids is 1. The fourth-order valence-electron chi connectivity index (χ4n) is 1.47. The Hall–Kier alpha value is -1.51. The molecule has 0 fully saturated rings. The van der Waals surface area contributed by atoms with Crippen LogP contribution < -0.4 is 4.74 Å². The Morgan fingerprint density at radius 2 is 2.06 bits per heavy atom. The first-order valence-corrected chi connectivity index (χ1v) is 5.57. The number of methoxy groups -OCH3 is 1. The molecule has 88 valence electrons. The molecule has 0 radical (unpaired) electrons. The Balaban J connectivity index is 2.96. The first-order chi connectivity index (χ1) is 7.72. The lowest BCUT2D eigenvalue weighted by Crippen LogP contribution is -2.06. The second-order valence-corrected chi connectivity index (χ2v) is 3.51. The number of esters is 1. The largest absolute Gasteiger partial charge is 0.494 e. The van der Waals surface area contributed by atoms with Crippen molar-refractivity contribution in [3.05, 3.63) is 29.3 Å². The molecule has 0 heterocycles. The maximum atomic E-state index is 11.5. The van der Waals surface area contributed by atoms with Gasteiger partial charge >= 0.3 is 5.97 Å². The zero-order valence-electron chi connectivity index (χ0n) is 10.1. The summed E-state index contributed by atoms with van der Waals surface area (Å²) in [4.78, 5) is 11.5. The molecule has 0 atom stereocenters. The molecule has 16 heavy (non-hydrogen) atoms. The molecular formula is C13H18O3. The molecule has 0 aliphatic carbocycles. The van der Waals surface area contributed by atoms with Crippen LogP contribution in [0.5, 0.6) is 5.75 Å². The molecule has 1 rings (SSSR count). The molecule has 0 aliphatic heterocycles. The summed E-state index contributed by atoms with van der Waals surface area (Å²) in [6.07, 6.45) is 1.75. The highest BCUT2D eigenvalue weighted by molar-refractivity contribution is 5.91. The molecule has 0 aromatic heterocycles. The predicted octanol–water partition coefficient (Wildman–Crippen LogP) is 2.82. The van der Waals surface area contributed by atoms with Gasteiger partial charge in [0.25, 0.3) is 0 Å². The first kappa shape index (κ1) is 12.6. The van der Waals surface area contributed by atoms with Crippen LogP contribution in [0.15, 0.2) is 18.2 Å². The summed E-state index contributed by atoms with van der Waals surface area (Å²) in [7, 11) is 1.39. The zero-order valence-corrected chi connectivity index (χ0v) is 10.1. The van der Waals surface area contributed by atoms with Gasteiger partial charge in [-0.1, -0.05) is 19.9 Å². The molecule has 1 aromatic carbocycles. The molecular weight excluding hydrogens is 204 g/mol. The molecule has 0 amide bonds. The van der Waals surface area contributed by atoms with Crippen LogP contribution >= 0.6 is 0 Å². The van der Waals surface area contributed by atoms with Gasteiger partial charge in [-0.15, -0.1) is 0 Å². The van der Waals surface area contributed by atoms with E-state index < -0.39 is 0 Å². The molecule has 1 aromatic rings. The lowest BCUT2D eigenvalue weighted by atomic mass is 10.1. The lowest BCUT2D eigenvalue weighted by Gasteiger charge is -2.09. The van der Waals surface area contributed by atoms with Crippen LogP contribution in [0.4, 0.5) is 0 Å². The third-order valence-corrected chi connectivity index (χ3v) is 2.34. The Morgan fingerprint density at radius 1 is 1.31 bits per heavy atom.